The van der Waals surface area contributed by atoms with Crippen molar-refractivity contribution in [1.29, 1.82) is 0 Å². The average Bonchev–Trinajstić information content (AvgIpc) is 2.73. The molecule has 0 bridgehead atoms. The molecule has 4 heteroatoms. The minimum atomic E-state index is 0.165. The Morgan fingerprint density at radius 3 is 3.06 bits per heavy atom. The van der Waals surface area contributed by atoms with Gasteiger partial charge >= 0.3 is 0 Å². The Bertz CT molecular complexity index is 404. The van der Waals surface area contributed by atoms with Crippen LogP contribution in [0.4, 0.5) is 0 Å². The quantitative estimate of drug-likeness (QED) is 0.894. The van der Waals surface area contributed by atoms with Crippen LogP contribution < -0.4 is 5.32 Å². The van der Waals surface area contributed by atoms with Crippen molar-refractivity contribution in [3.8, 4) is 0 Å². The molecule has 2 unspecified atom stereocenters. The minimum absolute atomic E-state index is 0.165. The van der Waals surface area contributed by atoms with Crippen molar-refractivity contribution >= 4 is 16.9 Å². The summed E-state index contributed by atoms with van der Waals surface area (Å²) in [5.41, 5.74) is 1.37. The van der Waals surface area contributed by atoms with E-state index >= 15 is 0 Å². The summed E-state index contributed by atoms with van der Waals surface area (Å²) < 4.78 is 0. The van der Waals surface area contributed by atoms with Gasteiger partial charge in [-0.15, -0.1) is 0 Å². The zero-order valence-corrected chi connectivity index (χ0v) is 11.4. The number of rotatable bonds is 3. The van der Waals surface area contributed by atoms with Crippen LogP contribution in [-0.2, 0) is 0 Å². The van der Waals surface area contributed by atoms with Gasteiger partial charge in [0.05, 0.1) is 6.04 Å². The van der Waals surface area contributed by atoms with E-state index in [0.29, 0.717) is 0 Å². The molecule has 1 saturated heterocycles. The molecule has 1 aromatic rings. The summed E-state index contributed by atoms with van der Waals surface area (Å²) in [5.74, 6) is 1.10. The molecule has 1 aromatic heterocycles. The zero-order chi connectivity index (χ0) is 12.3. The predicted octanol–water partition coefficient (Wildman–Crippen LogP) is 3.00. The van der Waals surface area contributed by atoms with E-state index in [1.54, 1.807) is 6.20 Å². The predicted molar refractivity (Wildman–Crippen MR) is 74.4 cm³/mol. The van der Waals surface area contributed by atoms with Gasteiger partial charge in [-0.25, -0.2) is 0 Å². The van der Waals surface area contributed by atoms with Gasteiger partial charge in [0.2, 0.25) is 0 Å². The third-order valence-corrected chi connectivity index (χ3v) is 4.46. The Morgan fingerprint density at radius 1 is 1.65 bits per heavy atom. The van der Waals surface area contributed by atoms with Gasteiger partial charge in [0, 0.05) is 23.7 Å². The van der Waals surface area contributed by atoms with E-state index in [1.165, 1.54) is 0 Å². The number of nitrogens with zero attached hydrogens (tertiary/aromatic N) is 2. The average molecular weight is 249 g/mol. The van der Waals surface area contributed by atoms with E-state index in [2.05, 4.69) is 37.1 Å². The summed E-state index contributed by atoms with van der Waals surface area (Å²) in [6.07, 6.45) is 4.80. The molecule has 17 heavy (non-hydrogen) atoms. The van der Waals surface area contributed by atoms with E-state index in [9.17, 15) is 0 Å². The molecule has 2 rings (SSSR count). The number of amidine groups is 1. The van der Waals surface area contributed by atoms with Crippen LogP contribution in [0.15, 0.2) is 29.5 Å². The monoisotopic (exact) mass is 249 g/mol. The fourth-order valence-corrected chi connectivity index (χ4v) is 2.97. The summed E-state index contributed by atoms with van der Waals surface area (Å²) in [4.78, 5) is 8.85. The highest BCUT2D eigenvalue weighted by molar-refractivity contribution is 8.14. The highest BCUT2D eigenvalue weighted by Gasteiger charge is 2.30. The Morgan fingerprint density at radius 2 is 2.47 bits per heavy atom. The Labute approximate surface area is 107 Å². The number of nitrogens with one attached hydrogen (secondary N) is 1. The molecule has 0 amide bonds. The van der Waals surface area contributed by atoms with Crippen molar-refractivity contribution in [2.75, 3.05) is 5.75 Å². The van der Waals surface area contributed by atoms with Crippen LogP contribution in [0.2, 0.25) is 0 Å². The van der Waals surface area contributed by atoms with Crippen LogP contribution in [0.5, 0.6) is 0 Å². The molecule has 92 valence electrons. The van der Waals surface area contributed by atoms with Crippen LogP contribution in [0.3, 0.4) is 0 Å². The number of pyridine rings is 1. The van der Waals surface area contributed by atoms with Gasteiger partial charge in [-0.3, -0.25) is 9.98 Å². The molecule has 1 N–H and O–H groups in total. The van der Waals surface area contributed by atoms with Crippen LogP contribution in [0, 0.1) is 0 Å². The maximum atomic E-state index is 4.72. The van der Waals surface area contributed by atoms with Gasteiger partial charge < -0.3 is 5.32 Å². The molecule has 2 heterocycles. The lowest BCUT2D eigenvalue weighted by Gasteiger charge is -2.21. The second-order valence-electron chi connectivity index (χ2n) is 4.72. The summed E-state index contributed by atoms with van der Waals surface area (Å²) in [6, 6.07) is 4.19. The third kappa shape index (κ3) is 3.00. The van der Waals surface area contributed by atoms with Crippen molar-refractivity contribution in [2.24, 2.45) is 4.99 Å². The van der Waals surface area contributed by atoms with Crippen molar-refractivity contribution < 1.29 is 0 Å². The maximum absolute atomic E-state index is 4.72. The molecule has 0 spiro atoms. The maximum Gasteiger partial charge on any atom is 0.157 e. The first-order chi connectivity index (χ1) is 8.13. The first kappa shape index (κ1) is 12.4. The SMILES string of the molecule is CCC1(C)CSC(=NC(C)c2cccnc2)N1. The van der Waals surface area contributed by atoms with E-state index in [-0.39, 0.29) is 11.6 Å². The first-order valence-electron chi connectivity index (χ1n) is 6.02. The van der Waals surface area contributed by atoms with Crippen LogP contribution in [0.1, 0.15) is 38.8 Å². The first-order valence-corrected chi connectivity index (χ1v) is 7.00. The van der Waals surface area contributed by atoms with Gasteiger partial charge in [-0.2, -0.15) is 0 Å². The number of aliphatic imine (C=N–C) groups is 1. The second-order valence-corrected chi connectivity index (χ2v) is 5.69. The minimum Gasteiger partial charge on any atom is -0.359 e. The normalized spacial score (nSPS) is 28.1. The second kappa shape index (κ2) is 5.08. The van der Waals surface area contributed by atoms with Gasteiger partial charge in [0.15, 0.2) is 5.17 Å². The highest BCUT2D eigenvalue weighted by Crippen LogP contribution is 2.27. The molecule has 0 aromatic carbocycles. The van der Waals surface area contributed by atoms with Gasteiger partial charge in [0.1, 0.15) is 0 Å². The lowest BCUT2D eigenvalue weighted by Crippen LogP contribution is -2.39. The number of hydrogen-bond acceptors (Lipinski definition) is 3. The molecular weight excluding hydrogens is 230 g/mol. The molecule has 2 atom stereocenters. The molecular formula is C13H19N3S. The molecule has 0 saturated carbocycles. The summed E-state index contributed by atoms with van der Waals surface area (Å²) >= 11 is 1.82. The van der Waals surface area contributed by atoms with Crippen LogP contribution >= 0.6 is 11.8 Å². The number of hydrogen-bond donors (Lipinski definition) is 1. The third-order valence-electron chi connectivity index (χ3n) is 3.19. The van der Waals surface area contributed by atoms with E-state index in [0.717, 1.165) is 22.9 Å². The van der Waals surface area contributed by atoms with Gasteiger partial charge in [-0.1, -0.05) is 24.8 Å². The van der Waals surface area contributed by atoms with E-state index < -0.39 is 0 Å². The molecule has 0 aliphatic carbocycles. The van der Waals surface area contributed by atoms with Crippen LogP contribution in [0.25, 0.3) is 0 Å². The molecule has 0 radical (unpaired) electrons. The zero-order valence-electron chi connectivity index (χ0n) is 10.6. The standard InChI is InChI=1S/C13H19N3S/c1-4-13(3)9-17-12(16-13)15-10(2)11-6-5-7-14-8-11/h5-8,10H,4,9H2,1-3H3,(H,15,16). The topological polar surface area (TPSA) is 37.3 Å². The lowest BCUT2D eigenvalue weighted by molar-refractivity contribution is 0.465. The van der Waals surface area contributed by atoms with Crippen molar-refractivity contribution in [2.45, 2.75) is 38.8 Å². The molecule has 1 fully saturated rings. The summed E-state index contributed by atoms with van der Waals surface area (Å²) in [7, 11) is 0. The number of aromatic nitrogens is 1. The van der Waals surface area contributed by atoms with E-state index in [1.807, 2.05) is 24.0 Å². The summed E-state index contributed by atoms with van der Waals surface area (Å²) in [6.45, 7) is 6.56. The Hall–Kier alpha value is -1.03. The smallest absolute Gasteiger partial charge is 0.157 e. The fourth-order valence-electron chi connectivity index (χ4n) is 1.69. The molecule has 3 nitrogen and oxygen atoms in total. The van der Waals surface area contributed by atoms with Gasteiger partial charge in [0.25, 0.3) is 0 Å². The molecule has 1 aliphatic heterocycles. The Kier molecular flexibility index (Phi) is 3.72. The van der Waals surface area contributed by atoms with Crippen LogP contribution in [-0.4, -0.2) is 21.4 Å². The van der Waals surface area contributed by atoms with Gasteiger partial charge in [-0.05, 0) is 31.9 Å². The fraction of sp³-hybridized carbons (Fsp3) is 0.538. The number of thioether (sulfide) groups is 1. The Balaban J connectivity index is 2.06. The van der Waals surface area contributed by atoms with E-state index in [4.69, 9.17) is 4.99 Å². The lowest BCUT2D eigenvalue weighted by atomic mass is 10.0. The van der Waals surface area contributed by atoms with Crippen molar-refractivity contribution in [1.82, 2.24) is 10.3 Å². The highest BCUT2D eigenvalue weighted by atomic mass is 32.2. The van der Waals surface area contributed by atoms with Crippen molar-refractivity contribution in [3.05, 3.63) is 30.1 Å². The largest absolute Gasteiger partial charge is 0.359 e. The molecule has 1 aliphatic rings. The summed E-state index contributed by atoms with van der Waals surface area (Å²) in [5, 5.41) is 4.57. The van der Waals surface area contributed by atoms with Crippen molar-refractivity contribution in [3.63, 3.8) is 0 Å².